The normalized spacial score (nSPS) is 11.7. The molecule has 0 saturated heterocycles. The van der Waals surface area contributed by atoms with Gasteiger partial charge in [0, 0.05) is 11.9 Å². The molecule has 0 aliphatic heterocycles. The van der Waals surface area contributed by atoms with Crippen LogP contribution in [0, 0.1) is 6.92 Å². The van der Waals surface area contributed by atoms with Gasteiger partial charge in [-0.3, -0.25) is 4.57 Å². The highest BCUT2D eigenvalue weighted by Crippen LogP contribution is 2.30. The maximum Gasteiger partial charge on any atom is 0.416 e. The summed E-state index contributed by atoms with van der Waals surface area (Å²) in [6, 6.07) is 14.1. The van der Waals surface area contributed by atoms with Crippen molar-refractivity contribution in [2.75, 3.05) is 5.32 Å². The Morgan fingerprint density at radius 2 is 1.67 bits per heavy atom. The molecular formula is C19H14F3N5. The minimum absolute atomic E-state index is 0.429. The SMILES string of the molecule is Cc1nc2ccccc2n1-c1nccc(Nc2ccc(C(F)(F)F)cc2)n1. The third-order valence-electron chi connectivity index (χ3n) is 4.06. The molecule has 4 rings (SSSR count). The molecule has 0 saturated carbocycles. The van der Waals surface area contributed by atoms with Crippen LogP contribution in [-0.2, 0) is 6.18 Å². The van der Waals surface area contributed by atoms with E-state index in [0.717, 1.165) is 29.0 Å². The molecule has 2 aromatic heterocycles. The lowest BCUT2D eigenvalue weighted by Crippen LogP contribution is -2.06. The lowest BCUT2D eigenvalue weighted by atomic mass is 10.2. The first-order valence-electron chi connectivity index (χ1n) is 8.13. The van der Waals surface area contributed by atoms with Crippen molar-refractivity contribution in [2.24, 2.45) is 0 Å². The van der Waals surface area contributed by atoms with Crippen molar-refractivity contribution in [1.82, 2.24) is 19.5 Å². The van der Waals surface area contributed by atoms with Crippen molar-refractivity contribution in [2.45, 2.75) is 13.1 Å². The molecule has 27 heavy (non-hydrogen) atoms. The van der Waals surface area contributed by atoms with E-state index in [-0.39, 0.29) is 0 Å². The molecule has 0 unspecified atom stereocenters. The molecule has 4 aromatic rings. The Kier molecular flexibility index (Phi) is 4.02. The Bertz CT molecular complexity index is 1100. The zero-order valence-corrected chi connectivity index (χ0v) is 14.2. The molecule has 5 nitrogen and oxygen atoms in total. The molecular weight excluding hydrogens is 355 g/mol. The number of imidazole rings is 1. The second-order valence-corrected chi connectivity index (χ2v) is 5.93. The van der Waals surface area contributed by atoms with Gasteiger partial charge in [0.15, 0.2) is 0 Å². The van der Waals surface area contributed by atoms with Crippen molar-refractivity contribution < 1.29 is 13.2 Å². The van der Waals surface area contributed by atoms with Crippen LogP contribution in [0.25, 0.3) is 17.0 Å². The number of benzene rings is 2. The third-order valence-corrected chi connectivity index (χ3v) is 4.06. The molecule has 0 bridgehead atoms. The predicted molar refractivity (Wildman–Crippen MR) is 96.1 cm³/mol. The maximum atomic E-state index is 12.7. The Morgan fingerprint density at radius 3 is 2.41 bits per heavy atom. The monoisotopic (exact) mass is 369 g/mol. The molecule has 0 aliphatic rings. The molecule has 0 atom stereocenters. The van der Waals surface area contributed by atoms with Crippen LogP contribution in [0.4, 0.5) is 24.7 Å². The Hall–Kier alpha value is -3.42. The van der Waals surface area contributed by atoms with Gasteiger partial charge >= 0.3 is 6.18 Å². The summed E-state index contributed by atoms with van der Waals surface area (Å²) in [6.07, 6.45) is -2.77. The summed E-state index contributed by atoms with van der Waals surface area (Å²) in [5.41, 5.74) is 1.51. The van der Waals surface area contributed by atoms with E-state index in [0.29, 0.717) is 17.5 Å². The van der Waals surface area contributed by atoms with Gasteiger partial charge in [-0.05, 0) is 49.4 Å². The highest BCUT2D eigenvalue weighted by molar-refractivity contribution is 5.77. The van der Waals surface area contributed by atoms with E-state index in [2.05, 4.69) is 20.3 Å². The fourth-order valence-electron chi connectivity index (χ4n) is 2.82. The van der Waals surface area contributed by atoms with Gasteiger partial charge in [0.1, 0.15) is 11.6 Å². The van der Waals surface area contributed by atoms with Crippen LogP contribution in [-0.4, -0.2) is 19.5 Å². The number of fused-ring (bicyclic) bond motifs is 1. The van der Waals surface area contributed by atoms with Gasteiger partial charge in [-0.25, -0.2) is 9.97 Å². The lowest BCUT2D eigenvalue weighted by Gasteiger charge is -2.10. The molecule has 1 N–H and O–H groups in total. The van der Waals surface area contributed by atoms with E-state index < -0.39 is 11.7 Å². The minimum atomic E-state index is -4.36. The summed E-state index contributed by atoms with van der Waals surface area (Å²) in [4.78, 5) is 13.3. The standard InChI is InChI=1S/C19H14F3N5/c1-12-24-15-4-2-3-5-16(15)27(12)18-23-11-10-17(26-18)25-14-8-6-13(7-9-14)19(20,21)22/h2-11H,1H3,(H,23,25,26). The number of nitrogens with zero attached hydrogens (tertiary/aromatic N) is 4. The number of alkyl halides is 3. The molecule has 0 amide bonds. The van der Waals surface area contributed by atoms with E-state index in [1.165, 1.54) is 12.1 Å². The summed E-state index contributed by atoms with van der Waals surface area (Å²) in [7, 11) is 0. The summed E-state index contributed by atoms with van der Waals surface area (Å²) >= 11 is 0. The first-order chi connectivity index (χ1) is 12.9. The van der Waals surface area contributed by atoms with Gasteiger partial charge < -0.3 is 5.32 Å². The van der Waals surface area contributed by atoms with Crippen molar-refractivity contribution in [1.29, 1.82) is 0 Å². The molecule has 0 fully saturated rings. The van der Waals surface area contributed by atoms with Crippen LogP contribution in [0.5, 0.6) is 0 Å². The summed E-state index contributed by atoms with van der Waals surface area (Å²) in [5.74, 6) is 1.64. The first kappa shape index (κ1) is 17.0. The number of para-hydroxylation sites is 2. The molecule has 2 aromatic carbocycles. The van der Waals surface area contributed by atoms with E-state index >= 15 is 0 Å². The fraction of sp³-hybridized carbons (Fsp3) is 0.105. The molecule has 136 valence electrons. The maximum absolute atomic E-state index is 12.7. The number of hydrogen-bond acceptors (Lipinski definition) is 4. The molecule has 8 heteroatoms. The predicted octanol–water partition coefficient (Wildman–Crippen LogP) is 4.89. The van der Waals surface area contributed by atoms with Crippen molar-refractivity contribution >= 4 is 22.5 Å². The third kappa shape index (κ3) is 3.33. The van der Waals surface area contributed by atoms with E-state index in [4.69, 9.17) is 0 Å². The lowest BCUT2D eigenvalue weighted by molar-refractivity contribution is -0.137. The average Bonchev–Trinajstić information content (AvgIpc) is 2.97. The van der Waals surface area contributed by atoms with Crippen LogP contribution in [0.2, 0.25) is 0 Å². The van der Waals surface area contributed by atoms with Gasteiger partial charge in [-0.15, -0.1) is 0 Å². The second kappa shape index (κ2) is 6.39. The zero-order chi connectivity index (χ0) is 19.0. The number of hydrogen-bond donors (Lipinski definition) is 1. The van der Waals surface area contributed by atoms with E-state index in [9.17, 15) is 13.2 Å². The number of nitrogens with one attached hydrogen (secondary N) is 1. The van der Waals surface area contributed by atoms with Crippen LogP contribution < -0.4 is 5.32 Å². The van der Waals surface area contributed by atoms with Gasteiger partial charge in [0.05, 0.1) is 16.6 Å². The minimum Gasteiger partial charge on any atom is -0.340 e. The Balaban J connectivity index is 1.66. The number of aryl methyl sites for hydroxylation is 1. The van der Waals surface area contributed by atoms with Gasteiger partial charge in [0.25, 0.3) is 0 Å². The topological polar surface area (TPSA) is 55.6 Å². The molecule has 2 heterocycles. The summed E-state index contributed by atoms with van der Waals surface area (Å²) < 4.78 is 39.8. The fourth-order valence-corrected chi connectivity index (χ4v) is 2.82. The molecule has 0 aliphatic carbocycles. The zero-order valence-electron chi connectivity index (χ0n) is 14.2. The van der Waals surface area contributed by atoms with Crippen LogP contribution in [0.15, 0.2) is 60.8 Å². The number of anilines is 2. The van der Waals surface area contributed by atoms with Crippen LogP contribution >= 0.6 is 0 Å². The van der Waals surface area contributed by atoms with Crippen LogP contribution in [0.3, 0.4) is 0 Å². The van der Waals surface area contributed by atoms with Crippen LogP contribution in [0.1, 0.15) is 11.4 Å². The number of rotatable bonds is 3. The largest absolute Gasteiger partial charge is 0.416 e. The Morgan fingerprint density at radius 1 is 0.926 bits per heavy atom. The van der Waals surface area contributed by atoms with Gasteiger partial charge in [-0.2, -0.15) is 18.2 Å². The average molecular weight is 369 g/mol. The molecule has 0 spiro atoms. The number of halogens is 3. The summed E-state index contributed by atoms with van der Waals surface area (Å²) in [5, 5.41) is 3.00. The highest BCUT2D eigenvalue weighted by atomic mass is 19.4. The second-order valence-electron chi connectivity index (χ2n) is 5.93. The van der Waals surface area contributed by atoms with Gasteiger partial charge in [0.2, 0.25) is 5.95 Å². The highest BCUT2D eigenvalue weighted by Gasteiger charge is 2.29. The van der Waals surface area contributed by atoms with Crippen molar-refractivity contribution in [3.8, 4) is 5.95 Å². The summed E-state index contributed by atoms with van der Waals surface area (Å²) in [6.45, 7) is 1.86. The van der Waals surface area contributed by atoms with E-state index in [1.54, 1.807) is 12.3 Å². The quantitative estimate of drug-likeness (QED) is 0.559. The van der Waals surface area contributed by atoms with Crippen molar-refractivity contribution in [3.05, 3.63) is 72.2 Å². The first-order valence-corrected chi connectivity index (χ1v) is 8.13. The Labute approximate surface area is 152 Å². The van der Waals surface area contributed by atoms with Gasteiger partial charge in [-0.1, -0.05) is 12.1 Å². The van der Waals surface area contributed by atoms with Crippen molar-refractivity contribution in [3.63, 3.8) is 0 Å². The van der Waals surface area contributed by atoms with E-state index in [1.807, 2.05) is 35.8 Å². The number of aromatic nitrogens is 4. The smallest absolute Gasteiger partial charge is 0.340 e. The molecule has 0 radical (unpaired) electrons.